The smallest absolute Gasteiger partial charge is 0.303 e. The lowest BCUT2D eigenvalue weighted by Gasteiger charge is -2.03. The van der Waals surface area contributed by atoms with Crippen molar-refractivity contribution in [1.29, 1.82) is 0 Å². The molecule has 0 aliphatic heterocycles. The Kier molecular flexibility index (Phi) is 4.38. The third kappa shape index (κ3) is 4.04. The molecule has 1 heterocycles. The van der Waals surface area contributed by atoms with Crippen LogP contribution >= 0.6 is 0 Å². The summed E-state index contributed by atoms with van der Waals surface area (Å²) in [5.74, 6) is -2.15. The SMILES string of the molecule is O=C(O)CCCNC(=O)c1cccc(F)n1. The van der Waals surface area contributed by atoms with Crippen molar-refractivity contribution in [2.45, 2.75) is 12.8 Å². The lowest BCUT2D eigenvalue weighted by molar-refractivity contribution is -0.137. The van der Waals surface area contributed by atoms with Gasteiger partial charge in [-0.1, -0.05) is 6.07 Å². The van der Waals surface area contributed by atoms with Crippen molar-refractivity contribution in [3.8, 4) is 0 Å². The van der Waals surface area contributed by atoms with Crippen molar-refractivity contribution >= 4 is 11.9 Å². The maximum Gasteiger partial charge on any atom is 0.303 e. The molecule has 1 rings (SSSR count). The van der Waals surface area contributed by atoms with E-state index < -0.39 is 17.8 Å². The fourth-order valence-corrected chi connectivity index (χ4v) is 1.07. The maximum absolute atomic E-state index is 12.7. The van der Waals surface area contributed by atoms with Crippen molar-refractivity contribution in [2.75, 3.05) is 6.54 Å². The zero-order valence-corrected chi connectivity index (χ0v) is 8.44. The van der Waals surface area contributed by atoms with Gasteiger partial charge in [0.25, 0.3) is 5.91 Å². The summed E-state index contributed by atoms with van der Waals surface area (Å²) >= 11 is 0. The molecule has 0 bridgehead atoms. The lowest BCUT2D eigenvalue weighted by Crippen LogP contribution is -2.25. The van der Waals surface area contributed by atoms with Gasteiger partial charge in [-0.15, -0.1) is 0 Å². The number of halogens is 1. The van der Waals surface area contributed by atoms with Gasteiger partial charge in [0.2, 0.25) is 5.95 Å². The van der Waals surface area contributed by atoms with Gasteiger partial charge in [-0.05, 0) is 18.6 Å². The topological polar surface area (TPSA) is 79.3 Å². The summed E-state index contributed by atoms with van der Waals surface area (Å²) in [5.41, 5.74) is -0.0182. The van der Waals surface area contributed by atoms with E-state index in [0.29, 0.717) is 6.42 Å². The van der Waals surface area contributed by atoms with E-state index in [1.54, 1.807) is 0 Å². The van der Waals surface area contributed by atoms with Crippen LogP contribution in [0.15, 0.2) is 18.2 Å². The van der Waals surface area contributed by atoms with E-state index in [0.717, 1.165) is 6.07 Å². The number of carbonyl (C=O) groups excluding carboxylic acids is 1. The van der Waals surface area contributed by atoms with Gasteiger partial charge < -0.3 is 10.4 Å². The van der Waals surface area contributed by atoms with Gasteiger partial charge in [-0.3, -0.25) is 9.59 Å². The summed E-state index contributed by atoms with van der Waals surface area (Å²) in [4.78, 5) is 24.9. The molecule has 0 aliphatic carbocycles. The molecular weight excluding hydrogens is 215 g/mol. The Morgan fingerprint density at radius 1 is 1.44 bits per heavy atom. The average Bonchev–Trinajstić information content (AvgIpc) is 2.24. The van der Waals surface area contributed by atoms with Crippen LogP contribution in [-0.4, -0.2) is 28.5 Å². The van der Waals surface area contributed by atoms with Crippen molar-refractivity contribution in [3.63, 3.8) is 0 Å². The quantitative estimate of drug-likeness (QED) is 0.575. The molecule has 1 aromatic rings. The fourth-order valence-electron chi connectivity index (χ4n) is 1.07. The first-order valence-corrected chi connectivity index (χ1v) is 4.72. The van der Waals surface area contributed by atoms with Gasteiger partial charge in [0.05, 0.1) is 0 Å². The maximum atomic E-state index is 12.7. The third-order valence-corrected chi connectivity index (χ3v) is 1.80. The predicted molar refractivity (Wildman–Crippen MR) is 53.4 cm³/mol. The van der Waals surface area contributed by atoms with Crippen molar-refractivity contribution in [2.24, 2.45) is 0 Å². The summed E-state index contributed by atoms with van der Waals surface area (Å²) in [6.07, 6.45) is 0.313. The first-order chi connectivity index (χ1) is 7.59. The minimum absolute atomic E-state index is 0.0170. The minimum Gasteiger partial charge on any atom is -0.481 e. The second-order valence-corrected chi connectivity index (χ2v) is 3.10. The first kappa shape index (κ1) is 12.1. The molecule has 0 spiro atoms. The molecule has 0 aromatic carbocycles. The number of rotatable bonds is 5. The van der Waals surface area contributed by atoms with E-state index in [-0.39, 0.29) is 18.7 Å². The Bertz CT molecular complexity index is 395. The molecule has 1 amide bonds. The van der Waals surface area contributed by atoms with Gasteiger partial charge in [0, 0.05) is 13.0 Å². The Labute approximate surface area is 91.3 Å². The number of aliphatic carboxylic acids is 1. The molecule has 16 heavy (non-hydrogen) atoms. The van der Waals surface area contributed by atoms with Gasteiger partial charge in [0.1, 0.15) is 5.69 Å². The normalized spacial score (nSPS) is 9.81. The van der Waals surface area contributed by atoms with E-state index in [1.165, 1.54) is 12.1 Å². The number of amides is 1. The Morgan fingerprint density at radius 2 is 2.19 bits per heavy atom. The number of aromatic nitrogens is 1. The van der Waals surface area contributed by atoms with Crippen LogP contribution in [-0.2, 0) is 4.79 Å². The number of carbonyl (C=O) groups is 2. The highest BCUT2D eigenvalue weighted by Gasteiger charge is 2.07. The fraction of sp³-hybridized carbons (Fsp3) is 0.300. The first-order valence-electron chi connectivity index (χ1n) is 4.72. The van der Waals surface area contributed by atoms with Crippen LogP contribution in [0, 0.1) is 5.95 Å². The molecule has 6 heteroatoms. The molecule has 0 saturated heterocycles. The zero-order valence-electron chi connectivity index (χ0n) is 8.44. The molecule has 0 atom stereocenters. The highest BCUT2D eigenvalue weighted by molar-refractivity contribution is 5.92. The number of nitrogens with zero attached hydrogens (tertiary/aromatic N) is 1. The molecule has 0 unspecified atom stereocenters. The minimum atomic E-state index is -0.918. The number of pyridine rings is 1. The van der Waals surface area contributed by atoms with E-state index in [1.807, 2.05) is 0 Å². The summed E-state index contributed by atoms with van der Waals surface area (Å²) in [7, 11) is 0. The van der Waals surface area contributed by atoms with E-state index in [2.05, 4.69) is 10.3 Å². The molecule has 0 radical (unpaired) electrons. The van der Waals surface area contributed by atoms with Crippen LogP contribution in [0.3, 0.4) is 0 Å². The zero-order chi connectivity index (χ0) is 12.0. The lowest BCUT2D eigenvalue weighted by atomic mass is 10.3. The second-order valence-electron chi connectivity index (χ2n) is 3.10. The Balaban J connectivity index is 2.38. The number of hydrogen-bond donors (Lipinski definition) is 2. The largest absolute Gasteiger partial charge is 0.481 e. The third-order valence-electron chi connectivity index (χ3n) is 1.80. The predicted octanol–water partition coefficient (Wildman–Crippen LogP) is 0.815. The van der Waals surface area contributed by atoms with E-state index in [4.69, 9.17) is 5.11 Å². The number of carboxylic acids is 1. The number of nitrogens with one attached hydrogen (secondary N) is 1. The van der Waals surface area contributed by atoms with Gasteiger partial charge in [-0.25, -0.2) is 4.98 Å². The average molecular weight is 226 g/mol. The highest BCUT2D eigenvalue weighted by atomic mass is 19.1. The molecule has 86 valence electrons. The highest BCUT2D eigenvalue weighted by Crippen LogP contribution is 1.97. The standard InChI is InChI=1S/C10H11FN2O3/c11-8-4-1-3-7(13-8)10(16)12-6-2-5-9(14)15/h1,3-4H,2,5-6H2,(H,12,16)(H,14,15). The summed E-state index contributed by atoms with van der Waals surface area (Å²) in [6.45, 7) is 0.226. The molecule has 2 N–H and O–H groups in total. The van der Waals surface area contributed by atoms with Gasteiger partial charge in [0.15, 0.2) is 0 Å². The molecule has 0 saturated carbocycles. The van der Waals surface area contributed by atoms with Crippen LogP contribution < -0.4 is 5.32 Å². The molecule has 1 aromatic heterocycles. The van der Waals surface area contributed by atoms with Crippen LogP contribution in [0.25, 0.3) is 0 Å². The molecule has 0 fully saturated rings. The monoisotopic (exact) mass is 226 g/mol. The number of carboxylic acid groups (broad SMARTS) is 1. The Hall–Kier alpha value is -1.98. The van der Waals surface area contributed by atoms with E-state index >= 15 is 0 Å². The van der Waals surface area contributed by atoms with Crippen LogP contribution in [0.4, 0.5) is 4.39 Å². The van der Waals surface area contributed by atoms with Gasteiger partial charge >= 0.3 is 5.97 Å². The van der Waals surface area contributed by atoms with E-state index in [9.17, 15) is 14.0 Å². The molecular formula is C10H11FN2O3. The van der Waals surface area contributed by atoms with Crippen molar-refractivity contribution < 1.29 is 19.1 Å². The van der Waals surface area contributed by atoms with Crippen molar-refractivity contribution in [3.05, 3.63) is 29.8 Å². The van der Waals surface area contributed by atoms with Crippen LogP contribution in [0.5, 0.6) is 0 Å². The summed E-state index contributed by atoms with van der Waals surface area (Å²) < 4.78 is 12.7. The summed E-state index contributed by atoms with van der Waals surface area (Å²) in [6, 6.07) is 3.91. The molecule has 0 aliphatic rings. The van der Waals surface area contributed by atoms with Crippen molar-refractivity contribution in [1.82, 2.24) is 10.3 Å². The van der Waals surface area contributed by atoms with Gasteiger partial charge in [-0.2, -0.15) is 4.39 Å². The number of hydrogen-bond acceptors (Lipinski definition) is 3. The summed E-state index contributed by atoms with van der Waals surface area (Å²) in [5, 5.41) is 10.8. The van der Waals surface area contributed by atoms with Crippen LogP contribution in [0.1, 0.15) is 23.3 Å². The Morgan fingerprint density at radius 3 is 2.81 bits per heavy atom. The second kappa shape index (κ2) is 5.79. The van der Waals surface area contributed by atoms with Crippen LogP contribution in [0.2, 0.25) is 0 Å². The molecule has 5 nitrogen and oxygen atoms in total.